The number of amides is 1. The van der Waals surface area contributed by atoms with Gasteiger partial charge in [-0.3, -0.25) is 4.79 Å². The van der Waals surface area contributed by atoms with E-state index in [9.17, 15) is 4.79 Å². The quantitative estimate of drug-likeness (QED) is 0.700. The first-order valence-corrected chi connectivity index (χ1v) is 4.85. The van der Waals surface area contributed by atoms with Crippen LogP contribution in [0, 0.1) is 11.8 Å². The standard InChI is InChI=1S/C6H15N.C4H9NO/c1-6(2)4-5-7-3;1-3(2)4(5)6/h6-7H,4-5H2,1-3H3;3H,1-2H3,(H2,5,6). The van der Waals surface area contributed by atoms with Crippen LogP contribution in [0.1, 0.15) is 34.1 Å². The fourth-order valence-electron chi connectivity index (χ4n) is 0.433. The second-order valence-corrected chi connectivity index (χ2v) is 3.84. The highest BCUT2D eigenvalue weighted by molar-refractivity contribution is 5.75. The van der Waals surface area contributed by atoms with Gasteiger partial charge < -0.3 is 11.1 Å². The molecule has 0 radical (unpaired) electrons. The molecule has 0 aliphatic carbocycles. The van der Waals surface area contributed by atoms with Gasteiger partial charge in [0.15, 0.2) is 0 Å². The number of hydrogen-bond donors (Lipinski definition) is 2. The molecule has 0 saturated carbocycles. The number of nitrogens with two attached hydrogens (primary N) is 1. The summed E-state index contributed by atoms with van der Waals surface area (Å²) in [4.78, 5) is 9.92. The molecule has 3 N–H and O–H groups in total. The van der Waals surface area contributed by atoms with Gasteiger partial charge in [0.2, 0.25) is 5.91 Å². The molecule has 13 heavy (non-hydrogen) atoms. The van der Waals surface area contributed by atoms with Crippen LogP contribution in [0.25, 0.3) is 0 Å². The van der Waals surface area contributed by atoms with Gasteiger partial charge in [0.1, 0.15) is 0 Å². The number of hydrogen-bond acceptors (Lipinski definition) is 2. The molecule has 0 fully saturated rings. The number of rotatable bonds is 4. The Hall–Kier alpha value is -0.570. The molecule has 0 aromatic rings. The molecule has 0 atom stereocenters. The summed E-state index contributed by atoms with van der Waals surface area (Å²) in [6.07, 6.45) is 1.29. The molecule has 0 aromatic carbocycles. The number of carbonyl (C=O) groups excluding carboxylic acids is 1. The predicted molar refractivity (Wildman–Crippen MR) is 57.4 cm³/mol. The minimum absolute atomic E-state index is 0.00926. The van der Waals surface area contributed by atoms with Crippen LogP contribution in [0.4, 0.5) is 0 Å². The zero-order valence-corrected chi connectivity index (χ0v) is 9.55. The average Bonchev–Trinajstić information content (AvgIpc) is 2.01. The summed E-state index contributed by atoms with van der Waals surface area (Å²) in [6.45, 7) is 9.15. The molecule has 0 aliphatic rings. The topological polar surface area (TPSA) is 55.1 Å². The molecule has 0 aliphatic heterocycles. The van der Waals surface area contributed by atoms with Gasteiger partial charge in [-0.25, -0.2) is 0 Å². The van der Waals surface area contributed by atoms with Gasteiger partial charge >= 0.3 is 0 Å². The molecule has 0 rings (SSSR count). The van der Waals surface area contributed by atoms with E-state index in [0.29, 0.717) is 0 Å². The van der Waals surface area contributed by atoms with Crippen LogP contribution in [0.5, 0.6) is 0 Å². The van der Waals surface area contributed by atoms with Crippen LogP contribution in [0.3, 0.4) is 0 Å². The monoisotopic (exact) mass is 188 g/mol. The lowest BCUT2D eigenvalue weighted by Gasteiger charge is -2.00. The van der Waals surface area contributed by atoms with E-state index in [2.05, 4.69) is 19.2 Å². The summed E-state index contributed by atoms with van der Waals surface area (Å²) in [5.74, 6) is 0.590. The average molecular weight is 188 g/mol. The van der Waals surface area contributed by atoms with Crippen molar-refractivity contribution in [2.24, 2.45) is 17.6 Å². The van der Waals surface area contributed by atoms with Gasteiger partial charge in [0, 0.05) is 5.92 Å². The second-order valence-electron chi connectivity index (χ2n) is 3.84. The first kappa shape index (κ1) is 14.9. The fourth-order valence-corrected chi connectivity index (χ4v) is 0.433. The molecule has 3 nitrogen and oxygen atoms in total. The van der Waals surface area contributed by atoms with Crippen molar-refractivity contribution >= 4 is 5.91 Å². The molecular formula is C10H24N2O. The Morgan fingerprint density at radius 3 is 1.77 bits per heavy atom. The maximum Gasteiger partial charge on any atom is 0.219 e. The highest BCUT2D eigenvalue weighted by Crippen LogP contribution is 1.94. The van der Waals surface area contributed by atoms with Crippen LogP contribution in [0.15, 0.2) is 0 Å². The van der Waals surface area contributed by atoms with Crippen molar-refractivity contribution in [3.63, 3.8) is 0 Å². The summed E-state index contributed by atoms with van der Waals surface area (Å²) in [6, 6.07) is 0. The van der Waals surface area contributed by atoms with E-state index < -0.39 is 0 Å². The van der Waals surface area contributed by atoms with Gasteiger partial charge in [0.25, 0.3) is 0 Å². The van der Waals surface area contributed by atoms with E-state index in [0.717, 1.165) is 12.5 Å². The molecule has 0 aromatic heterocycles. The summed E-state index contributed by atoms with van der Waals surface area (Å²) in [7, 11) is 1.99. The lowest BCUT2D eigenvalue weighted by molar-refractivity contribution is -0.120. The van der Waals surface area contributed by atoms with E-state index in [4.69, 9.17) is 5.73 Å². The van der Waals surface area contributed by atoms with Crippen molar-refractivity contribution < 1.29 is 4.79 Å². The summed E-state index contributed by atoms with van der Waals surface area (Å²) >= 11 is 0. The summed E-state index contributed by atoms with van der Waals surface area (Å²) in [5, 5.41) is 3.10. The Balaban J connectivity index is 0. The molecule has 3 heteroatoms. The van der Waals surface area contributed by atoms with Crippen molar-refractivity contribution in [2.75, 3.05) is 13.6 Å². The van der Waals surface area contributed by atoms with E-state index in [1.54, 1.807) is 13.8 Å². The zero-order valence-electron chi connectivity index (χ0n) is 9.55. The highest BCUT2D eigenvalue weighted by atomic mass is 16.1. The number of nitrogens with one attached hydrogen (secondary N) is 1. The van der Waals surface area contributed by atoms with E-state index in [1.807, 2.05) is 7.05 Å². The molecule has 0 spiro atoms. The summed E-state index contributed by atoms with van der Waals surface area (Å²) < 4.78 is 0. The van der Waals surface area contributed by atoms with Gasteiger partial charge in [0.05, 0.1) is 0 Å². The van der Waals surface area contributed by atoms with Crippen LogP contribution >= 0.6 is 0 Å². The van der Waals surface area contributed by atoms with Crippen molar-refractivity contribution in [1.82, 2.24) is 5.32 Å². The van der Waals surface area contributed by atoms with Gasteiger partial charge in [-0.1, -0.05) is 27.7 Å². The Morgan fingerprint density at radius 2 is 1.69 bits per heavy atom. The molecule has 80 valence electrons. The number of carbonyl (C=O) groups is 1. The lowest BCUT2D eigenvalue weighted by Crippen LogP contribution is -2.17. The molecule has 0 bridgehead atoms. The maximum absolute atomic E-state index is 9.92. The molecule has 1 amide bonds. The minimum Gasteiger partial charge on any atom is -0.369 e. The first-order valence-electron chi connectivity index (χ1n) is 4.85. The smallest absolute Gasteiger partial charge is 0.219 e. The molecule has 0 unspecified atom stereocenters. The first-order chi connectivity index (χ1) is 5.91. The SMILES string of the molecule is CC(C)C(N)=O.CNCCC(C)C. The third kappa shape index (κ3) is 18.4. The van der Waals surface area contributed by atoms with Crippen LogP contribution in [-0.4, -0.2) is 19.5 Å². The van der Waals surface area contributed by atoms with Crippen molar-refractivity contribution in [1.29, 1.82) is 0 Å². The van der Waals surface area contributed by atoms with Gasteiger partial charge in [-0.2, -0.15) is 0 Å². The van der Waals surface area contributed by atoms with Crippen LogP contribution in [-0.2, 0) is 4.79 Å². The van der Waals surface area contributed by atoms with Crippen LogP contribution in [0.2, 0.25) is 0 Å². The van der Waals surface area contributed by atoms with E-state index in [-0.39, 0.29) is 11.8 Å². The van der Waals surface area contributed by atoms with Crippen LogP contribution < -0.4 is 11.1 Å². The predicted octanol–water partition coefficient (Wildman–Crippen LogP) is 1.38. The second kappa shape index (κ2) is 9.52. The number of primary amides is 1. The fraction of sp³-hybridized carbons (Fsp3) is 0.900. The molecule has 0 heterocycles. The normalized spacial score (nSPS) is 9.77. The minimum atomic E-state index is -0.241. The zero-order chi connectivity index (χ0) is 10.9. The van der Waals surface area contributed by atoms with Crippen molar-refractivity contribution in [3.05, 3.63) is 0 Å². The Kier molecular flexibility index (Phi) is 10.9. The third-order valence-corrected chi connectivity index (χ3v) is 1.54. The maximum atomic E-state index is 9.92. The van der Waals surface area contributed by atoms with Gasteiger partial charge in [-0.15, -0.1) is 0 Å². The van der Waals surface area contributed by atoms with Crippen molar-refractivity contribution in [3.8, 4) is 0 Å². The third-order valence-electron chi connectivity index (χ3n) is 1.54. The Labute approximate surface area is 82.1 Å². The van der Waals surface area contributed by atoms with Crippen molar-refractivity contribution in [2.45, 2.75) is 34.1 Å². The Bertz CT molecular complexity index is 122. The largest absolute Gasteiger partial charge is 0.369 e. The Morgan fingerprint density at radius 1 is 1.31 bits per heavy atom. The van der Waals surface area contributed by atoms with E-state index in [1.165, 1.54) is 6.42 Å². The molecular weight excluding hydrogens is 164 g/mol. The lowest BCUT2D eigenvalue weighted by atomic mass is 10.1. The van der Waals surface area contributed by atoms with Gasteiger partial charge in [-0.05, 0) is 25.9 Å². The highest BCUT2D eigenvalue weighted by Gasteiger charge is 1.96. The molecule has 0 saturated heterocycles. The summed E-state index contributed by atoms with van der Waals surface area (Å²) in [5.41, 5.74) is 4.80. The van der Waals surface area contributed by atoms with E-state index >= 15 is 0 Å².